The second-order valence-corrected chi connectivity index (χ2v) is 6.42. The number of nitriles is 1. The fourth-order valence-electron chi connectivity index (χ4n) is 2.60. The van der Waals surface area contributed by atoms with Gasteiger partial charge in [-0.25, -0.2) is 4.98 Å². The average Bonchev–Trinajstić information content (AvgIpc) is 2.53. The van der Waals surface area contributed by atoms with Crippen LogP contribution in [0.5, 0.6) is 0 Å². The van der Waals surface area contributed by atoms with Gasteiger partial charge in [0.25, 0.3) is 0 Å². The Kier molecular flexibility index (Phi) is 5.62. The number of rotatable bonds is 5. The van der Waals surface area contributed by atoms with Crippen LogP contribution in [0.25, 0.3) is 10.9 Å². The van der Waals surface area contributed by atoms with E-state index in [0.29, 0.717) is 29.4 Å². The van der Waals surface area contributed by atoms with Gasteiger partial charge in [-0.15, -0.1) is 0 Å². The predicted molar refractivity (Wildman–Crippen MR) is 94.6 cm³/mol. The summed E-state index contributed by atoms with van der Waals surface area (Å²) in [4.78, 5) is 18.6. The molecule has 0 saturated carbocycles. The Morgan fingerprint density at radius 1 is 1.26 bits per heavy atom. The highest BCUT2D eigenvalue weighted by Crippen LogP contribution is 2.27. The minimum absolute atomic E-state index is 0.0752. The number of pyridine rings is 1. The SMILES string of the molecule is CCN(CC)C(=O)CSc1nc2cc(C)cc(C)c2cc1C#N. The molecule has 0 unspecified atom stereocenters. The zero-order valence-electron chi connectivity index (χ0n) is 14.0. The van der Waals surface area contributed by atoms with Crippen LogP contribution in [0.2, 0.25) is 0 Å². The van der Waals surface area contributed by atoms with Gasteiger partial charge in [0, 0.05) is 18.5 Å². The largest absolute Gasteiger partial charge is 0.343 e. The molecule has 0 N–H and O–H groups in total. The van der Waals surface area contributed by atoms with Crippen LogP contribution in [0.1, 0.15) is 30.5 Å². The van der Waals surface area contributed by atoms with E-state index in [-0.39, 0.29) is 5.91 Å². The van der Waals surface area contributed by atoms with Crippen molar-refractivity contribution in [3.8, 4) is 6.07 Å². The lowest BCUT2D eigenvalue weighted by Crippen LogP contribution is -2.31. The molecule has 0 fully saturated rings. The van der Waals surface area contributed by atoms with Gasteiger partial charge < -0.3 is 4.90 Å². The summed E-state index contributed by atoms with van der Waals surface area (Å²) >= 11 is 1.34. The molecule has 1 aromatic carbocycles. The van der Waals surface area contributed by atoms with Crippen molar-refractivity contribution in [3.05, 3.63) is 34.9 Å². The van der Waals surface area contributed by atoms with E-state index >= 15 is 0 Å². The lowest BCUT2D eigenvalue weighted by molar-refractivity contribution is -0.127. The van der Waals surface area contributed by atoms with Gasteiger partial charge in [0.15, 0.2) is 0 Å². The molecule has 1 heterocycles. The number of benzene rings is 1. The van der Waals surface area contributed by atoms with Gasteiger partial charge in [-0.1, -0.05) is 17.8 Å². The van der Waals surface area contributed by atoms with Crippen molar-refractivity contribution in [1.82, 2.24) is 9.88 Å². The highest BCUT2D eigenvalue weighted by molar-refractivity contribution is 8.00. The standard InChI is InChI=1S/C18H21N3OS/c1-5-21(6-2)17(22)11-23-18-14(10-19)9-15-13(4)7-12(3)8-16(15)20-18/h7-9H,5-6,11H2,1-4H3. The number of hydrogen-bond acceptors (Lipinski definition) is 4. The molecule has 0 aliphatic carbocycles. The molecule has 1 amide bonds. The maximum Gasteiger partial charge on any atom is 0.232 e. The third-order valence-corrected chi connectivity index (χ3v) is 4.80. The predicted octanol–water partition coefficient (Wildman–Crippen LogP) is 3.68. The maximum atomic E-state index is 12.1. The quantitative estimate of drug-likeness (QED) is 0.786. The van der Waals surface area contributed by atoms with Crippen molar-refractivity contribution in [1.29, 1.82) is 5.26 Å². The van der Waals surface area contributed by atoms with Crippen LogP contribution >= 0.6 is 11.8 Å². The van der Waals surface area contributed by atoms with E-state index in [1.54, 1.807) is 4.90 Å². The van der Waals surface area contributed by atoms with Gasteiger partial charge in [0.1, 0.15) is 11.1 Å². The van der Waals surface area contributed by atoms with E-state index in [9.17, 15) is 10.1 Å². The lowest BCUT2D eigenvalue weighted by Gasteiger charge is -2.18. The molecule has 0 aliphatic heterocycles. The molecule has 0 radical (unpaired) electrons. The highest BCUT2D eigenvalue weighted by atomic mass is 32.2. The molecule has 4 nitrogen and oxygen atoms in total. The van der Waals surface area contributed by atoms with Gasteiger partial charge in [-0.05, 0) is 51.0 Å². The summed E-state index contributed by atoms with van der Waals surface area (Å²) in [5.41, 5.74) is 3.66. The van der Waals surface area contributed by atoms with Crippen molar-refractivity contribution in [2.75, 3.05) is 18.8 Å². The molecular formula is C18H21N3OS. The number of carbonyl (C=O) groups is 1. The maximum absolute atomic E-state index is 12.1. The van der Waals surface area contributed by atoms with Crippen molar-refractivity contribution in [2.45, 2.75) is 32.7 Å². The number of fused-ring (bicyclic) bond motifs is 1. The van der Waals surface area contributed by atoms with Crippen LogP contribution in [0.15, 0.2) is 23.2 Å². The molecule has 0 saturated heterocycles. The summed E-state index contributed by atoms with van der Waals surface area (Å²) in [6.45, 7) is 9.38. The number of aromatic nitrogens is 1. The van der Waals surface area contributed by atoms with E-state index in [1.807, 2.05) is 39.8 Å². The molecule has 2 aromatic rings. The second kappa shape index (κ2) is 7.47. The number of amides is 1. The van der Waals surface area contributed by atoms with E-state index in [2.05, 4.69) is 17.1 Å². The van der Waals surface area contributed by atoms with Gasteiger partial charge in [-0.3, -0.25) is 4.79 Å². The van der Waals surface area contributed by atoms with Crippen molar-refractivity contribution >= 4 is 28.6 Å². The fraction of sp³-hybridized carbons (Fsp3) is 0.389. The third kappa shape index (κ3) is 3.83. The number of thioether (sulfide) groups is 1. The Bertz CT molecular complexity index is 776. The first kappa shape index (κ1) is 17.3. The summed E-state index contributed by atoms with van der Waals surface area (Å²) < 4.78 is 0. The Morgan fingerprint density at radius 3 is 2.57 bits per heavy atom. The Morgan fingerprint density at radius 2 is 1.96 bits per heavy atom. The Labute approximate surface area is 141 Å². The first-order valence-electron chi connectivity index (χ1n) is 7.72. The van der Waals surface area contributed by atoms with Gasteiger partial charge in [0.2, 0.25) is 5.91 Å². The van der Waals surface area contributed by atoms with Gasteiger partial charge >= 0.3 is 0 Å². The molecule has 5 heteroatoms. The molecule has 2 rings (SSSR count). The topological polar surface area (TPSA) is 57.0 Å². The van der Waals surface area contributed by atoms with Crippen LogP contribution in [0.3, 0.4) is 0 Å². The van der Waals surface area contributed by atoms with Crippen molar-refractivity contribution < 1.29 is 4.79 Å². The molecule has 120 valence electrons. The minimum Gasteiger partial charge on any atom is -0.343 e. The summed E-state index contributed by atoms with van der Waals surface area (Å²) in [5.74, 6) is 0.380. The zero-order valence-corrected chi connectivity index (χ0v) is 14.8. The molecule has 23 heavy (non-hydrogen) atoms. The average molecular weight is 327 g/mol. The highest BCUT2D eigenvalue weighted by Gasteiger charge is 2.14. The second-order valence-electron chi connectivity index (χ2n) is 5.46. The monoisotopic (exact) mass is 327 g/mol. The van der Waals surface area contributed by atoms with Crippen molar-refractivity contribution in [3.63, 3.8) is 0 Å². The number of hydrogen-bond donors (Lipinski definition) is 0. The number of aryl methyl sites for hydroxylation is 2. The Balaban J connectivity index is 2.33. The van der Waals surface area contributed by atoms with Crippen LogP contribution in [0, 0.1) is 25.2 Å². The van der Waals surface area contributed by atoms with Crippen LogP contribution in [0.4, 0.5) is 0 Å². The van der Waals surface area contributed by atoms with Gasteiger partial charge in [-0.2, -0.15) is 5.26 Å². The first-order chi connectivity index (χ1) is 11.0. The van der Waals surface area contributed by atoms with Crippen LogP contribution in [-0.4, -0.2) is 34.6 Å². The molecule has 0 atom stereocenters. The molecule has 0 aliphatic rings. The summed E-state index contributed by atoms with van der Waals surface area (Å²) in [7, 11) is 0. The van der Waals surface area contributed by atoms with Crippen LogP contribution < -0.4 is 0 Å². The lowest BCUT2D eigenvalue weighted by atomic mass is 10.1. The zero-order chi connectivity index (χ0) is 17.0. The van der Waals surface area contributed by atoms with E-state index in [1.165, 1.54) is 11.8 Å². The van der Waals surface area contributed by atoms with Crippen LogP contribution in [-0.2, 0) is 4.79 Å². The normalized spacial score (nSPS) is 10.6. The number of carbonyl (C=O) groups excluding carboxylic acids is 1. The summed E-state index contributed by atoms with van der Waals surface area (Å²) in [6, 6.07) is 8.18. The molecular weight excluding hydrogens is 306 g/mol. The Hall–Kier alpha value is -2.06. The van der Waals surface area contributed by atoms with E-state index in [0.717, 1.165) is 22.0 Å². The fourth-order valence-corrected chi connectivity index (χ4v) is 3.47. The van der Waals surface area contributed by atoms with Crippen molar-refractivity contribution in [2.24, 2.45) is 0 Å². The van der Waals surface area contributed by atoms with E-state index < -0.39 is 0 Å². The van der Waals surface area contributed by atoms with Gasteiger partial charge in [0.05, 0.1) is 16.8 Å². The smallest absolute Gasteiger partial charge is 0.232 e. The molecule has 0 bridgehead atoms. The van der Waals surface area contributed by atoms with E-state index in [4.69, 9.17) is 0 Å². The summed E-state index contributed by atoms with van der Waals surface area (Å²) in [6.07, 6.45) is 0. The number of nitrogens with zero attached hydrogens (tertiary/aromatic N) is 3. The minimum atomic E-state index is 0.0752. The first-order valence-corrected chi connectivity index (χ1v) is 8.71. The molecule has 1 aromatic heterocycles. The third-order valence-electron chi connectivity index (χ3n) is 3.82. The summed E-state index contributed by atoms with van der Waals surface area (Å²) in [5, 5.41) is 11.0. The molecule has 0 spiro atoms.